The van der Waals surface area contributed by atoms with E-state index in [-0.39, 0.29) is 29.5 Å². The first kappa shape index (κ1) is 17.2. The van der Waals surface area contributed by atoms with Gasteiger partial charge in [-0.3, -0.25) is 9.59 Å². The molecule has 0 fully saturated rings. The Morgan fingerprint density at radius 3 is 2.22 bits per heavy atom. The van der Waals surface area contributed by atoms with Gasteiger partial charge in [-0.15, -0.1) is 11.8 Å². The third-order valence-electron chi connectivity index (χ3n) is 2.19. The SMILES string of the molecule is C=CCOC(=O)C(C)(C)CC(=O)CSC(C)(C)C. The number of hydrogen-bond donors (Lipinski definition) is 0. The minimum atomic E-state index is -0.765. The van der Waals surface area contributed by atoms with E-state index in [0.29, 0.717) is 5.75 Å². The van der Waals surface area contributed by atoms with E-state index in [2.05, 4.69) is 27.4 Å². The molecule has 0 N–H and O–H groups in total. The molecule has 0 aromatic carbocycles. The summed E-state index contributed by atoms with van der Waals surface area (Å²) in [6.45, 7) is 13.3. The van der Waals surface area contributed by atoms with E-state index < -0.39 is 5.41 Å². The Morgan fingerprint density at radius 2 is 1.78 bits per heavy atom. The molecule has 4 heteroatoms. The summed E-state index contributed by atoms with van der Waals surface area (Å²) in [5.74, 6) is 0.161. The second-order valence-electron chi connectivity index (χ2n) is 5.89. The Kier molecular flexibility index (Phi) is 6.68. The van der Waals surface area contributed by atoms with Crippen LogP contribution in [0.4, 0.5) is 0 Å². The fourth-order valence-corrected chi connectivity index (χ4v) is 1.94. The van der Waals surface area contributed by atoms with Crippen LogP contribution in [0.1, 0.15) is 41.0 Å². The number of hydrogen-bond acceptors (Lipinski definition) is 4. The summed E-state index contributed by atoms with van der Waals surface area (Å²) in [6, 6.07) is 0. The standard InChI is InChI=1S/C14H24O3S/c1-7-8-17-12(16)14(5,6)9-11(15)10-18-13(2,3)4/h7H,1,8-10H2,2-6H3. The zero-order valence-corrected chi connectivity index (χ0v) is 12.9. The van der Waals surface area contributed by atoms with Crippen LogP contribution in [0.2, 0.25) is 0 Å². The fourth-order valence-electron chi connectivity index (χ4n) is 1.24. The number of ketones is 1. The van der Waals surface area contributed by atoms with Gasteiger partial charge in [-0.05, 0) is 13.8 Å². The van der Waals surface area contributed by atoms with Gasteiger partial charge < -0.3 is 4.74 Å². The normalized spacial score (nSPS) is 12.1. The number of Topliss-reactive ketones (excluding diaryl/α,β-unsaturated/α-hetero) is 1. The first-order chi connectivity index (χ1) is 8.08. The predicted molar refractivity (Wildman–Crippen MR) is 76.8 cm³/mol. The van der Waals surface area contributed by atoms with E-state index in [1.54, 1.807) is 25.6 Å². The van der Waals surface area contributed by atoms with Gasteiger partial charge >= 0.3 is 5.97 Å². The van der Waals surface area contributed by atoms with Gasteiger partial charge in [-0.25, -0.2) is 0 Å². The lowest BCUT2D eigenvalue weighted by atomic mass is 9.88. The molecule has 0 rings (SSSR count). The maximum absolute atomic E-state index is 11.8. The summed E-state index contributed by atoms with van der Waals surface area (Å²) in [6.07, 6.45) is 1.73. The number of rotatable bonds is 7. The number of ether oxygens (including phenoxy) is 1. The van der Waals surface area contributed by atoms with Crippen LogP contribution in [-0.2, 0) is 14.3 Å². The Morgan fingerprint density at radius 1 is 1.22 bits per heavy atom. The van der Waals surface area contributed by atoms with Gasteiger partial charge in [0.05, 0.1) is 11.2 Å². The molecular formula is C14H24O3S. The van der Waals surface area contributed by atoms with Crippen LogP contribution in [0, 0.1) is 5.41 Å². The Hall–Kier alpha value is -0.770. The molecule has 0 saturated heterocycles. The number of thioether (sulfide) groups is 1. The zero-order chi connectivity index (χ0) is 14.4. The van der Waals surface area contributed by atoms with Crippen molar-refractivity contribution in [3.05, 3.63) is 12.7 Å². The number of carbonyl (C=O) groups excluding carboxylic acids is 2. The van der Waals surface area contributed by atoms with Crippen molar-refractivity contribution in [1.82, 2.24) is 0 Å². The summed E-state index contributed by atoms with van der Waals surface area (Å²) in [5.41, 5.74) is -0.765. The zero-order valence-electron chi connectivity index (χ0n) is 12.0. The molecule has 0 radical (unpaired) electrons. The van der Waals surface area contributed by atoms with E-state index in [4.69, 9.17) is 4.74 Å². The second-order valence-corrected chi connectivity index (χ2v) is 7.69. The van der Waals surface area contributed by atoms with E-state index in [1.165, 1.54) is 6.08 Å². The van der Waals surface area contributed by atoms with Crippen molar-refractivity contribution in [2.24, 2.45) is 5.41 Å². The number of carbonyl (C=O) groups is 2. The van der Waals surface area contributed by atoms with Crippen LogP contribution in [0.3, 0.4) is 0 Å². The molecule has 0 aromatic heterocycles. The van der Waals surface area contributed by atoms with Crippen LogP contribution in [0.15, 0.2) is 12.7 Å². The molecule has 18 heavy (non-hydrogen) atoms. The van der Waals surface area contributed by atoms with Crippen molar-refractivity contribution in [3.63, 3.8) is 0 Å². The van der Waals surface area contributed by atoms with Crippen molar-refractivity contribution in [2.45, 2.75) is 45.8 Å². The van der Waals surface area contributed by atoms with E-state index >= 15 is 0 Å². The van der Waals surface area contributed by atoms with Crippen molar-refractivity contribution in [2.75, 3.05) is 12.4 Å². The Balaban J connectivity index is 4.26. The highest BCUT2D eigenvalue weighted by Gasteiger charge is 2.32. The highest BCUT2D eigenvalue weighted by Crippen LogP contribution is 2.27. The molecular weight excluding hydrogens is 248 g/mol. The first-order valence-electron chi connectivity index (χ1n) is 6.02. The van der Waals surface area contributed by atoms with Crippen molar-refractivity contribution < 1.29 is 14.3 Å². The molecule has 0 aliphatic rings. The van der Waals surface area contributed by atoms with Gasteiger partial charge in [-0.2, -0.15) is 0 Å². The monoisotopic (exact) mass is 272 g/mol. The van der Waals surface area contributed by atoms with Crippen LogP contribution < -0.4 is 0 Å². The van der Waals surface area contributed by atoms with Crippen molar-refractivity contribution in [3.8, 4) is 0 Å². The van der Waals surface area contributed by atoms with Gasteiger partial charge in [0, 0.05) is 11.2 Å². The predicted octanol–water partition coefficient (Wildman–Crippen LogP) is 3.23. The quantitative estimate of drug-likeness (QED) is 0.527. The first-order valence-corrected chi connectivity index (χ1v) is 7.01. The second kappa shape index (κ2) is 6.98. The molecule has 0 atom stereocenters. The lowest BCUT2D eigenvalue weighted by Crippen LogP contribution is -2.30. The van der Waals surface area contributed by atoms with Crippen molar-refractivity contribution >= 4 is 23.5 Å². The molecule has 3 nitrogen and oxygen atoms in total. The smallest absolute Gasteiger partial charge is 0.312 e. The van der Waals surface area contributed by atoms with Crippen molar-refractivity contribution in [1.29, 1.82) is 0 Å². The van der Waals surface area contributed by atoms with Gasteiger partial charge in [-0.1, -0.05) is 33.4 Å². The molecule has 0 aromatic rings. The van der Waals surface area contributed by atoms with Gasteiger partial charge in [0.15, 0.2) is 0 Å². The summed E-state index contributed by atoms with van der Waals surface area (Å²) >= 11 is 1.59. The van der Waals surface area contributed by atoms with Gasteiger partial charge in [0.1, 0.15) is 12.4 Å². The summed E-state index contributed by atoms with van der Waals surface area (Å²) < 4.78 is 5.04. The molecule has 0 heterocycles. The Bertz CT molecular complexity index is 313. The highest BCUT2D eigenvalue weighted by atomic mass is 32.2. The fraction of sp³-hybridized carbons (Fsp3) is 0.714. The Labute approximate surface area is 114 Å². The third-order valence-corrected chi connectivity index (χ3v) is 3.52. The van der Waals surface area contributed by atoms with Crippen LogP contribution in [-0.4, -0.2) is 28.9 Å². The molecule has 0 spiro atoms. The molecule has 0 aliphatic carbocycles. The summed E-state index contributed by atoms with van der Waals surface area (Å²) in [5, 5.41) is 0. The molecule has 104 valence electrons. The average molecular weight is 272 g/mol. The average Bonchev–Trinajstić information content (AvgIpc) is 2.21. The maximum Gasteiger partial charge on any atom is 0.312 e. The summed E-state index contributed by atoms with van der Waals surface area (Å²) in [7, 11) is 0. The van der Waals surface area contributed by atoms with Gasteiger partial charge in [0.2, 0.25) is 0 Å². The topological polar surface area (TPSA) is 43.4 Å². The molecule has 0 bridgehead atoms. The number of esters is 1. The lowest BCUT2D eigenvalue weighted by molar-refractivity contribution is -0.154. The van der Waals surface area contributed by atoms with Crippen LogP contribution in [0.25, 0.3) is 0 Å². The van der Waals surface area contributed by atoms with E-state index in [1.807, 2.05) is 0 Å². The molecule has 0 aliphatic heterocycles. The van der Waals surface area contributed by atoms with E-state index in [0.717, 1.165) is 0 Å². The van der Waals surface area contributed by atoms with Gasteiger partial charge in [0.25, 0.3) is 0 Å². The molecule has 0 amide bonds. The van der Waals surface area contributed by atoms with E-state index in [9.17, 15) is 9.59 Å². The minimum absolute atomic E-state index is 0.0587. The van der Waals surface area contributed by atoms with Crippen LogP contribution >= 0.6 is 11.8 Å². The van der Waals surface area contributed by atoms with Crippen LogP contribution in [0.5, 0.6) is 0 Å². The third kappa shape index (κ3) is 7.54. The minimum Gasteiger partial charge on any atom is -0.461 e. The molecule has 0 unspecified atom stereocenters. The maximum atomic E-state index is 11.8. The molecule has 0 saturated carbocycles. The lowest BCUT2D eigenvalue weighted by Gasteiger charge is -2.22. The largest absolute Gasteiger partial charge is 0.461 e. The summed E-state index contributed by atoms with van der Waals surface area (Å²) in [4.78, 5) is 23.6. The highest BCUT2D eigenvalue weighted by molar-refractivity contribution is 8.01.